The molecule has 6 heteroatoms. The molecule has 6 rings (SSSR count). The molecule has 0 aromatic carbocycles. The van der Waals surface area contributed by atoms with E-state index in [4.69, 9.17) is 15.2 Å². The molecule has 210 valence electrons. The predicted octanol–water partition coefficient (Wildman–Crippen LogP) is 5.28. The minimum Gasteiger partial charge on any atom is -0.443 e. The van der Waals surface area contributed by atoms with Gasteiger partial charge in [0.1, 0.15) is 6.10 Å². The molecule has 0 aromatic rings. The smallest absolute Gasteiger partial charge is 0.404 e. The SMILES string of the molecule is CC(C)[C@@H](OC(N)=O)C1C[C@@H](C)[C@H]2C(O1)[C@H](O)[C@@]1(C)C3CC[C@H]4C(C)(C)C(O)CC[C@@]45C[C@@]35CC[C@]21C. The van der Waals surface area contributed by atoms with Gasteiger partial charge in [-0.15, -0.1) is 0 Å². The number of primary amides is 1. The van der Waals surface area contributed by atoms with Crippen LogP contribution in [0.3, 0.4) is 0 Å². The third-order valence-electron chi connectivity index (χ3n) is 14.1. The summed E-state index contributed by atoms with van der Waals surface area (Å²) in [6.07, 6.45) is 6.46. The molecule has 0 bridgehead atoms. The van der Waals surface area contributed by atoms with Crippen LogP contribution in [0.5, 0.6) is 0 Å². The van der Waals surface area contributed by atoms with E-state index in [0.29, 0.717) is 34.5 Å². The molecule has 0 radical (unpaired) electrons. The fourth-order valence-electron chi connectivity index (χ4n) is 12.3. The monoisotopic (exact) mass is 517 g/mol. The van der Waals surface area contributed by atoms with Crippen LogP contribution in [-0.4, -0.2) is 46.8 Å². The van der Waals surface area contributed by atoms with E-state index in [1.807, 2.05) is 13.8 Å². The lowest BCUT2D eigenvalue weighted by atomic mass is 9.41. The van der Waals surface area contributed by atoms with Gasteiger partial charge in [-0.3, -0.25) is 0 Å². The Morgan fingerprint density at radius 1 is 1.00 bits per heavy atom. The van der Waals surface area contributed by atoms with Crippen LogP contribution in [0.2, 0.25) is 0 Å². The standard InChI is InChI=1S/C31H51NO5/c1-16(2)23(37-26(32)35)18-14-17(3)22-24(36-18)25(34)29(7)20-9-8-19-27(4,5)21(33)10-11-30(19)15-31(20,30)13-12-28(22,29)6/h16-25,33-34H,8-15H2,1-7H3,(H2,32,35)/t17-,18?,19+,20?,21?,22+,23-,24?,25+,28-,29-,30-,31+/m1/s1. The summed E-state index contributed by atoms with van der Waals surface area (Å²) in [6, 6.07) is 0. The molecule has 5 saturated carbocycles. The van der Waals surface area contributed by atoms with Gasteiger partial charge in [-0.1, -0.05) is 48.5 Å². The second-order valence-electron chi connectivity index (χ2n) is 15.7. The highest BCUT2D eigenvalue weighted by Crippen LogP contribution is 2.89. The Hall–Kier alpha value is -0.850. The van der Waals surface area contributed by atoms with Gasteiger partial charge in [-0.2, -0.15) is 0 Å². The second kappa shape index (κ2) is 7.87. The van der Waals surface area contributed by atoms with Gasteiger partial charge in [-0.25, -0.2) is 4.79 Å². The molecule has 1 saturated heterocycles. The summed E-state index contributed by atoms with van der Waals surface area (Å²) in [6.45, 7) is 15.9. The second-order valence-corrected chi connectivity index (χ2v) is 15.7. The van der Waals surface area contributed by atoms with Crippen LogP contribution in [0.15, 0.2) is 0 Å². The molecule has 37 heavy (non-hydrogen) atoms. The average Bonchev–Trinajstić information content (AvgIpc) is 3.45. The number of carbonyl (C=O) groups is 1. The maximum atomic E-state index is 12.3. The minimum absolute atomic E-state index is 0.00950. The molecule has 13 atom stereocenters. The lowest BCUT2D eigenvalue weighted by Gasteiger charge is -2.63. The number of aliphatic hydroxyl groups excluding tert-OH is 2. The highest BCUT2D eigenvalue weighted by Gasteiger charge is 2.84. The first-order chi connectivity index (χ1) is 17.2. The van der Waals surface area contributed by atoms with Gasteiger partial charge in [0.05, 0.1) is 24.4 Å². The number of nitrogens with two attached hydrogens (primary N) is 1. The van der Waals surface area contributed by atoms with E-state index in [0.717, 1.165) is 38.5 Å². The van der Waals surface area contributed by atoms with Crippen LogP contribution >= 0.6 is 0 Å². The molecule has 6 aliphatic rings. The van der Waals surface area contributed by atoms with E-state index in [1.165, 1.54) is 12.8 Å². The van der Waals surface area contributed by atoms with Gasteiger partial charge in [0, 0.05) is 5.41 Å². The molecule has 4 unspecified atom stereocenters. The quantitative estimate of drug-likeness (QED) is 0.473. The Labute approximate surface area is 223 Å². The number of fused-ring (bicyclic) bond motifs is 4. The number of carbonyl (C=O) groups excluding carboxylic acids is 1. The Morgan fingerprint density at radius 3 is 2.30 bits per heavy atom. The summed E-state index contributed by atoms with van der Waals surface area (Å²) in [7, 11) is 0. The van der Waals surface area contributed by atoms with Crippen LogP contribution in [0.1, 0.15) is 99.8 Å². The predicted molar refractivity (Wildman–Crippen MR) is 141 cm³/mol. The van der Waals surface area contributed by atoms with Crippen molar-refractivity contribution in [2.75, 3.05) is 0 Å². The van der Waals surface area contributed by atoms with Gasteiger partial charge in [0.2, 0.25) is 0 Å². The Balaban J connectivity index is 1.34. The number of ether oxygens (including phenoxy) is 2. The highest BCUT2D eigenvalue weighted by atomic mass is 16.6. The normalized spacial score (nSPS) is 56.3. The molecule has 2 spiro atoms. The van der Waals surface area contributed by atoms with E-state index >= 15 is 0 Å². The lowest BCUT2D eigenvalue weighted by Crippen LogP contribution is -2.59. The van der Waals surface area contributed by atoms with E-state index in [1.54, 1.807) is 0 Å². The average molecular weight is 518 g/mol. The van der Waals surface area contributed by atoms with E-state index in [-0.39, 0.29) is 40.5 Å². The maximum absolute atomic E-state index is 12.3. The number of aliphatic hydroxyl groups is 2. The Kier molecular flexibility index (Phi) is 5.61. The van der Waals surface area contributed by atoms with Crippen LogP contribution in [0, 0.1) is 56.7 Å². The number of hydrogen-bond donors (Lipinski definition) is 3. The number of hydrogen-bond acceptors (Lipinski definition) is 5. The molecule has 1 heterocycles. The van der Waals surface area contributed by atoms with Crippen molar-refractivity contribution in [1.82, 2.24) is 0 Å². The summed E-state index contributed by atoms with van der Waals surface area (Å²) < 4.78 is 12.4. The van der Waals surface area contributed by atoms with Crippen LogP contribution < -0.4 is 5.73 Å². The van der Waals surface area contributed by atoms with Crippen molar-refractivity contribution in [3.05, 3.63) is 0 Å². The van der Waals surface area contributed by atoms with Crippen LogP contribution in [0.25, 0.3) is 0 Å². The fourth-order valence-corrected chi connectivity index (χ4v) is 12.3. The first-order valence-corrected chi connectivity index (χ1v) is 15.1. The van der Waals surface area contributed by atoms with E-state index in [2.05, 4.69) is 34.6 Å². The zero-order valence-corrected chi connectivity index (χ0v) is 24.1. The van der Waals surface area contributed by atoms with Gasteiger partial charge in [0.15, 0.2) is 0 Å². The lowest BCUT2D eigenvalue weighted by molar-refractivity contribution is -0.184. The van der Waals surface area contributed by atoms with Crippen molar-refractivity contribution in [3.63, 3.8) is 0 Å². The fraction of sp³-hybridized carbons (Fsp3) is 0.968. The van der Waals surface area contributed by atoms with Crippen molar-refractivity contribution < 1.29 is 24.5 Å². The molecule has 5 aliphatic carbocycles. The van der Waals surface area contributed by atoms with Crippen molar-refractivity contribution in [2.24, 2.45) is 62.4 Å². The van der Waals surface area contributed by atoms with Crippen molar-refractivity contribution in [3.8, 4) is 0 Å². The summed E-state index contributed by atoms with van der Waals surface area (Å²) in [5.74, 6) is 1.80. The third-order valence-corrected chi connectivity index (χ3v) is 14.1. The molecule has 1 aliphatic heterocycles. The van der Waals surface area contributed by atoms with E-state index < -0.39 is 18.3 Å². The molecule has 4 N–H and O–H groups in total. The molecular formula is C31H51NO5. The zero-order valence-electron chi connectivity index (χ0n) is 24.1. The Bertz CT molecular complexity index is 967. The summed E-state index contributed by atoms with van der Waals surface area (Å²) >= 11 is 0. The molecule has 6 fully saturated rings. The van der Waals surface area contributed by atoms with Gasteiger partial charge < -0.3 is 25.4 Å². The van der Waals surface area contributed by atoms with Crippen molar-refractivity contribution >= 4 is 6.09 Å². The van der Waals surface area contributed by atoms with Gasteiger partial charge >= 0.3 is 6.09 Å². The number of rotatable bonds is 3. The van der Waals surface area contributed by atoms with Crippen LogP contribution in [0.4, 0.5) is 4.79 Å². The third kappa shape index (κ3) is 3.02. The molecular weight excluding hydrogens is 466 g/mol. The zero-order chi connectivity index (χ0) is 26.9. The van der Waals surface area contributed by atoms with Gasteiger partial charge in [0.25, 0.3) is 0 Å². The summed E-state index contributed by atoms with van der Waals surface area (Å²) in [5, 5.41) is 23.2. The van der Waals surface area contributed by atoms with Crippen LogP contribution in [-0.2, 0) is 9.47 Å². The summed E-state index contributed by atoms with van der Waals surface area (Å²) in [5.41, 5.74) is 5.84. The first-order valence-electron chi connectivity index (χ1n) is 15.1. The molecule has 1 amide bonds. The van der Waals surface area contributed by atoms with Crippen molar-refractivity contribution in [1.29, 1.82) is 0 Å². The summed E-state index contributed by atoms with van der Waals surface area (Å²) in [4.78, 5) is 11.7. The molecule has 0 aromatic heterocycles. The van der Waals surface area contributed by atoms with E-state index in [9.17, 15) is 15.0 Å². The minimum atomic E-state index is -0.755. The topological polar surface area (TPSA) is 102 Å². The van der Waals surface area contributed by atoms with Crippen molar-refractivity contribution in [2.45, 2.75) is 130 Å². The Morgan fingerprint density at radius 2 is 1.65 bits per heavy atom. The largest absolute Gasteiger partial charge is 0.443 e. The number of amides is 1. The van der Waals surface area contributed by atoms with Gasteiger partial charge in [-0.05, 0) is 103 Å². The first kappa shape index (κ1) is 26.4. The maximum Gasteiger partial charge on any atom is 0.404 e. The molecule has 6 nitrogen and oxygen atoms in total. The highest BCUT2D eigenvalue weighted by molar-refractivity contribution is 5.64.